The summed E-state index contributed by atoms with van der Waals surface area (Å²) < 4.78 is 26.5. The van der Waals surface area contributed by atoms with Crippen molar-refractivity contribution in [3.05, 3.63) is 71.4 Å². The minimum atomic E-state index is -0.894. The molecule has 0 aliphatic carbocycles. The van der Waals surface area contributed by atoms with E-state index in [4.69, 9.17) is 0 Å². The Balaban J connectivity index is 1.57. The quantitative estimate of drug-likeness (QED) is 0.664. The van der Waals surface area contributed by atoms with E-state index in [1.54, 1.807) is 11.9 Å². The summed E-state index contributed by atoms with van der Waals surface area (Å²) in [5.74, 6) is -1.79. The summed E-state index contributed by atoms with van der Waals surface area (Å²) in [6, 6.07) is 11.5. The molecule has 2 aromatic carbocycles. The van der Waals surface area contributed by atoms with E-state index in [1.165, 1.54) is 17.0 Å². The van der Waals surface area contributed by atoms with Gasteiger partial charge in [0.2, 0.25) is 5.91 Å². The molecule has 1 heterocycles. The molecular weight excluding hydrogens is 334 g/mol. The molecule has 0 radical (unpaired) electrons. The van der Waals surface area contributed by atoms with E-state index in [2.05, 4.69) is 11.1 Å². The second-order valence-electron chi connectivity index (χ2n) is 6.57. The molecule has 0 fully saturated rings. The number of rotatable bonds is 6. The fourth-order valence-electron chi connectivity index (χ4n) is 3.16. The summed E-state index contributed by atoms with van der Waals surface area (Å²) in [4.78, 5) is 17.3. The Kier molecular flexibility index (Phi) is 5.35. The van der Waals surface area contributed by atoms with Gasteiger partial charge in [-0.05, 0) is 49.1 Å². The average molecular weight is 356 g/mol. The van der Waals surface area contributed by atoms with Crippen LogP contribution in [0.15, 0.2) is 48.7 Å². The first-order valence-corrected chi connectivity index (χ1v) is 8.73. The number of nitrogens with one attached hydrogen (secondary N) is 1. The van der Waals surface area contributed by atoms with Crippen molar-refractivity contribution in [2.75, 3.05) is 7.05 Å². The Bertz CT molecular complexity index is 919. The number of fused-ring (bicyclic) bond motifs is 1. The van der Waals surface area contributed by atoms with Crippen molar-refractivity contribution >= 4 is 16.8 Å². The monoisotopic (exact) mass is 356 g/mol. The summed E-state index contributed by atoms with van der Waals surface area (Å²) in [6.07, 6.45) is 3.94. The van der Waals surface area contributed by atoms with Crippen molar-refractivity contribution in [2.24, 2.45) is 0 Å². The van der Waals surface area contributed by atoms with Crippen LogP contribution < -0.4 is 0 Å². The normalized spacial score (nSPS) is 12.3. The van der Waals surface area contributed by atoms with Gasteiger partial charge in [0.25, 0.3) is 0 Å². The van der Waals surface area contributed by atoms with Crippen LogP contribution in [-0.4, -0.2) is 22.8 Å². The Morgan fingerprint density at radius 1 is 1.15 bits per heavy atom. The second kappa shape index (κ2) is 7.68. The summed E-state index contributed by atoms with van der Waals surface area (Å²) in [5.41, 5.74) is 2.87. The predicted molar refractivity (Wildman–Crippen MR) is 98.8 cm³/mol. The van der Waals surface area contributed by atoms with Crippen LogP contribution >= 0.6 is 0 Å². The molecule has 0 bridgehead atoms. The Morgan fingerprint density at radius 3 is 2.69 bits per heavy atom. The number of carbonyl (C=O) groups excluding carboxylic acids is 1. The van der Waals surface area contributed by atoms with Crippen LogP contribution in [0.4, 0.5) is 8.78 Å². The van der Waals surface area contributed by atoms with Crippen LogP contribution in [0.5, 0.6) is 0 Å². The highest BCUT2D eigenvalue weighted by molar-refractivity contribution is 5.83. The molecule has 3 rings (SSSR count). The zero-order chi connectivity index (χ0) is 18.7. The first kappa shape index (κ1) is 18.1. The van der Waals surface area contributed by atoms with Gasteiger partial charge in [-0.25, -0.2) is 8.78 Å². The fourth-order valence-corrected chi connectivity index (χ4v) is 3.16. The number of hydrogen-bond acceptors (Lipinski definition) is 1. The molecule has 3 nitrogen and oxygen atoms in total. The number of aromatic amines is 1. The van der Waals surface area contributed by atoms with Gasteiger partial charge in [-0.1, -0.05) is 24.3 Å². The van der Waals surface area contributed by atoms with Crippen molar-refractivity contribution in [3.63, 3.8) is 0 Å². The van der Waals surface area contributed by atoms with Crippen LogP contribution in [-0.2, 0) is 11.2 Å². The van der Waals surface area contributed by atoms with E-state index >= 15 is 0 Å². The van der Waals surface area contributed by atoms with Crippen LogP contribution in [0.3, 0.4) is 0 Å². The first-order valence-electron chi connectivity index (χ1n) is 8.73. The number of halogens is 2. The molecule has 1 amide bonds. The third-order valence-electron chi connectivity index (χ3n) is 4.91. The van der Waals surface area contributed by atoms with E-state index in [-0.39, 0.29) is 11.9 Å². The lowest BCUT2D eigenvalue weighted by Crippen LogP contribution is -2.29. The zero-order valence-electron chi connectivity index (χ0n) is 14.9. The average Bonchev–Trinajstić information content (AvgIpc) is 3.06. The lowest BCUT2D eigenvalue weighted by Gasteiger charge is -2.25. The van der Waals surface area contributed by atoms with Gasteiger partial charge in [0.1, 0.15) is 0 Å². The Morgan fingerprint density at radius 2 is 1.92 bits per heavy atom. The highest BCUT2D eigenvalue weighted by Crippen LogP contribution is 2.23. The molecule has 0 aliphatic heterocycles. The number of hydrogen-bond donors (Lipinski definition) is 1. The van der Waals surface area contributed by atoms with Gasteiger partial charge in [0.05, 0.1) is 6.04 Å². The maximum atomic E-state index is 13.4. The van der Waals surface area contributed by atoms with Crippen molar-refractivity contribution in [1.82, 2.24) is 9.88 Å². The van der Waals surface area contributed by atoms with Gasteiger partial charge >= 0.3 is 0 Å². The number of aryl methyl sites for hydroxylation is 1. The number of amides is 1. The number of para-hydroxylation sites is 1. The molecule has 136 valence electrons. The van der Waals surface area contributed by atoms with Crippen LogP contribution in [0, 0.1) is 11.6 Å². The predicted octanol–water partition coefficient (Wildman–Crippen LogP) is 4.99. The summed E-state index contributed by atoms with van der Waals surface area (Å²) in [6.45, 7) is 1.81. The van der Waals surface area contributed by atoms with Gasteiger partial charge in [0.15, 0.2) is 11.6 Å². The van der Waals surface area contributed by atoms with E-state index in [1.807, 2.05) is 31.3 Å². The van der Waals surface area contributed by atoms with Gasteiger partial charge < -0.3 is 9.88 Å². The summed E-state index contributed by atoms with van der Waals surface area (Å²) >= 11 is 0. The van der Waals surface area contributed by atoms with Crippen LogP contribution in [0.25, 0.3) is 10.9 Å². The maximum absolute atomic E-state index is 13.4. The first-order chi connectivity index (χ1) is 12.5. The third kappa shape index (κ3) is 3.77. The second-order valence-corrected chi connectivity index (χ2v) is 6.57. The number of H-pyrrole nitrogens is 1. The smallest absolute Gasteiger partial charge is 0.222 e. The van der Waals surface area contributed by atoms with Crippen LogP contribution in [0.2, 0.25) is 0 Å². The number of aromatic nitrogens is 1. The van der Waals surface area contributed by atoms with Crippen LogP contribution in [0.1, 0.15) is 36.9 Å². The zero-order valence-corrected chi connectivity index (χ0v) is 14.9. The highest BCUT2D eigenvalue weighted by Gasteiger charge is 2.18. The minimum absolute atomic E-state index is 0.0120. The molecule has 1 N–H and O–H groups in total. The van der Waals surface area contributed by atoms with Crippen molar-refractivity contribution in [1.29, 1.82) is 0 Å². The molecule has 3 aromatic rings. The summed E-state index contributed by atoms with van der Waals surface area (Å²) in [5, 5.41) is 1.18. The molecule has 1 aromatic heterocycles. The Labute approximate surface area is 151 Å². The lowest BCUT2D eigenvalue weighted by atomic mass is 10.0. The van der Waals surface area contributed by atoms with Gasteiger partial charge in [-0.3, -0.25) is 4.79 Å². The SMILES string of the molecule is CC(c1ccc(F)c(F)c1)N(C)C(=O)CCCc1c[nH]c2ccccc12. The number of nitrogens with zero attached hydrogens (tertiary/aromatic N) is 1. The summed E-state index contributed by atoms with van der Waals surface area (Å²) in [7, 11) is 1.69. The molecular formula is C21H22F2N2O. The van der Waals surface area contributed by atoms with Crippen molar-refractivity contribution in [2.45, 2.75) is 32.2 Å². The molecule has 1 atom stereocenters. The minimum Gasteiger partial charge on any atom is -0.361 e. The topological polar surface area (TPSA) is 36.1 Å². The van der Waals surface area contributed by atoms with E-state index in [0.717, 1.165) is 30.5 Å². The molecule has 5 heteroatoms. The fraction of sp³-hybridized carbons (Fsp3) is 0.286. The third-order valence-corrected chi connectivity index (χ3v) is 4.91. The number of benzene rings is 2. The highest BCUT2D eigenvalue weighted by atomic mass is 19.2. The lowest BCUT2D eigenvalue weighted by molar-refractivity contribution is -0.131. The van der Waals surface area contributed by atoms with Gasteiger partial charge in [-0.2, -0.15) is 0 Å². The standard InChI is InChI=1S/C21H22F2N2O/c1-14(15-10-11-18(22)19(23)12-15)25(2)21(26)9-5-6-16-13-24-20-8-4-3-7-17(16)20/h3-4,7-8,10-14,24H,5-6,9H2,1-2H3. The van der Waals surface area contributed by atoms with Crippen molar-refractivity contribution in [3.8, 4) is 0 Å². The Hall–Kier alpha value is -2.69. The van der Waals surface area contributed by atoms with Gasteiger partial charge in [0, 0.05) is 30.6 Å². The van der Waals surface area contributed by atoms with E-state index < -0.39 is 11.6 Å². The van der Waals surface area contributed by atoms with Gasteiger partial charge in [-0.15, -0.1) is 0 Å². The molecule has 0 spiro atoms. The van der Waals surface area contributed by atoms with E-state index in [0.29, 0.717) is 12.0 Å². The number of carbonyl (C=O) groups is 1. The molecule has 0 aliphatic rings. The molecule has 0 saturated heterocycles. The maximum Gasteiger partial charge on any atom is 0.222 e. The van der Waals surface area contributed by atoms with E-state index in [9.17, 15) is 13.6 Å². The molecule has 1 unspecified atom stereocenters. The molecule has 0 saturated carbocycles. The van der Waals surface area contributed by atoms with Crippen molar-refractivity contribution < 1.29 is 13.6 Å². The largest absolute Gasteiger partial charge is 0.361 e. The molecule has 26 heavy (non-hydrogen) atoms.